The van der Waals surface area contributed by atoms with Crippen LogP contribution in [0.4, 0.5) is 8.78 Å². The Morgan fingerprint density at radius 3 is 2.29 bits per heavy atom. The van der Waals surface area contributed by atoms with Crippen molar-refractivity contribution >= 4 is 23.5 Å². The second-order valence-electron chi connectivity index (χ2n) is 5.01. The molecule has 126 valence electrons. The van der Waals surface area contributed by atoms with Crippen molar-refractivity contribution in [1.82, 2.24) is 5.32 Å². The predicted molar refractivity (Wildman–Crippen MR) is 84.7 cm³/mol. The molecule has 0 aromatic heterocycles. The summed E-state index contributed by atoms with van der Waals surface area (Å²) in [7, 11) is 0. The van der Waals surface area contributed by atoms with Crippen LogP contribution in [0.1, 0.15) is 28.9 Å². The van der Waals surface area contributed by atoms with Crippen LogP contribution in [0.25, 0.3) is 0 Å². The quantitative estimate of drug-likeness (QED) is 0.835. The highest BCUT2D eigenvalue weighted by Crippen LogP contribution is 2.16. The number of carbonyl (C=O) groups is 2. The van der Waals surface area contributed by atoms with Crippen molar-refractivity contribution in [3.8, 4) is 0 Å². The molecular weight excluding hydrogens is 340 g/mol. The molecule has 4 nitrogen and oxygen atoms in total. The third kappa shape index (κ3) is 4.52. The summed E-state index contributed by atoms with van der Waals surface area (Å²) in [5.74, 6) is -3.92. The van der Waals surface area contributed by atoms with E-state index in [0.29, 0.717) is 5.02 Å². The molecule has 1 atom stereocenters. The van der Waals surface area contributed by atoms with E-state index in [9.17, 15) is 18.4 Å². The van der Waals surface area contributed by atoms with E-state index >= 15 is 0 Å². The van der Waals surface area contributed by atoms with Crippen LogP contribution in [-0.2, 0) is 9.53 Å². The lowest BCUT2D eigenvalue weighted by molar-refractivity contribution is -0.124. The van der Waals surface area contributed by atoms with E-state index in [1.165, 1.54) is 0 Å². The highest BCUT2D eigenvalue weighted by Gasteiger charge is 2.20. The third-order valence-electron chi connectivity index (χ3n) is 3.25. The Balaban J connectivity index is 1.91. The van der Waals surface area contributed by atoms with Gasteiger partial charge in [-0.25, -0.2) is 13.6 Å². The number of carbonyl (C=O) groups excluding carboxylic acids is 2. The first-order valence-electron chi connectivity index (χ1n) is 7.04. The molecule has 0 bridgehead atoms. The van der Waals surface area contributed by atoms with Crippen molar-refractivity contribution in [2.75, 3.05) is 6.61 Å². The fourth-order valence-corrected chi connectivity index (χ4v) is 2.14. The van der Waals surface area contributed by atoms with Gasteiger partial charge in [-0.2, -0.15) is 0 Å². The number of halogens is 3. The maximum Gasteiger partial charge on any atom is 0.344 e. The Morgan fingerprint density at radius 1 is 1.12 bits per heavy atom. The van der Waals surface area contributed by atoms with Gasteiger partial charge in [0.05, 0.1) is 6.04 Å². The second kappa shape index (κ2) is 7.88. The highest BCUT2D eigenvalue weighted by atomic mass is 35.5. The molecule has 0 heterocycles. The summed E-state index contributed by atoms with van der Waals surface area (Å²) in [6.45, 7) is 1.09. The SMILES string of the molecule is C[C@H](NC(=O)COC(=O)c1c(F)cccc1F)c1ccc(Cl)cc1. The van der Waals surface area contributed by atoms with Gasteiger partial charge < -0.3 is 10.1 Å². The van der Waals surface area contributed by atoms with Gasteiger partial charge in [-0.15, -0.1) is 0 Å². The lowest BCUT2D eigenvalue weighted by Gasteiger charge is -2.14. The summed E-state index contributed by atoms with van der Waals surface area (Å²) < 4.78 is 31.5. The van der Waals surface area contributed by atoms with Gasteiger partial charge in [0.25, 0.3) is 5.91 Å². The molecule has 1 amide bonds. The molecule has 0 aliphatic carbocycles. The van der Waals surface area contributed by atoms with Gasteiger partial charge in [-0.05, 0) is 36.8 Å². The van der Waals surface area contributed by atoms with Crippen LogP contribution in [0, 0.1) is 11.6 Å². The summed E-state index contributed by atoms with van der Waals surface area (Å²) in [6, 6.07) is 9.49. The van der Waals surface area contributed by atoms with Gasteiger partial charge in [-0.1, -0.05) is 29.8 Å². The van der Waals surface area contributed by atoms with Crippen molar-refractivity contribution < 1.29 is 23.1 Å². The lowest BCUT2D eigenvalue weighted by Crippen LogP contribution is -2.31. The van der Waals surface area contributed by atoms with Crippen LogP contribution in [-0.4, -0.2) is 18.5 Å². The minimum absolute atomic E-state index is 0.348. The fraction of sp³-hybridized carbons (Fsp3) is 0.176. The van der Waals surface area contributed by atoms with Crippen molar-refractivity contribution in [3.63, 3.8) is 0 Å². The lowest BCUT2D eigenvalue weighted by atomic mass is 10.1. The van der Waals surface area contributed by atoms with Gasteiger partial charge in [-0.3, -0.25) is 4.79 Å². The molecule has 2 rings (SSSR count). The minimum Gasteiger partial charge on any atom is -0.452 e. The number of benzene rings is 2. The van der Waals surface area contributed by atoms with E-state index in [0.717, 1.165) is 23.8 Å². The summed E-state index contributed by atoms with van der Waals surface area (Å²) in [6.07, 6.45) is 0. The van der Waals surface area contributed by atoms with Gasteiger partial charge >= 0.3 is 5.97 Å². The maximum absolute atomic E-state index is 13.4. The van der Waals surface area contributed by atoms with Crippen LogP contribution in [0.2, 0.25) is 5.02 Å². The van der Waals surface area contributed by atoms with Crippen molar-refractivity contribution in [3.05, 3.63) is 70.2 Å². The molecule has 0 unspecified atom stereocenters. The number of hydrogen-bond donors (Lipinski definition) is 1. The summed E-state index contributed by atoms with van der Waals surface area (Å²) >= 11 is 5.78. The van der Waals surface area contributed by atoms with Gasteiger partial charge in [0.15, 0.2) is 6.61 Å². The number of amides is 1. The van der Waals surface area contributed by atoms with Crippen LogP contribution >= 0.6 is 11.6 Å². The number of nitrogens with one attached hydrogen (secondary N) is 1. The van der Waals surface area contributed by atoms with Crippen LogP contribution in [0.3, 0.4) is 0 Å². The standard InChI is InChI=1S/C17H14ClF2NO3/c1-10(11-5-7-12(18)8-6-11)21-15(22)9-24-17(23)16-13(19)3-2-4-14(16)20/h2-8,10H,9H2,1H3,(H,21,22)/t10-/m0/s1. The smallest absolute Gasteiger partial charge is 0.344 e. The number of esters is 1. The first-order valence-corrected chi connectivity index (χ1v) is 7.42. The Morgan fingerprint density at radius 2 is 1.71 bits per heavy atom. The Hall–Kier alpha value is -2.47. The topological polar surface area (TPSA) is 55.4 Å². The molecule has 7 heteroatoms. The Kier molecular flexibility index (Phi) is 5.87. The normalized spacial score (nSPS) is 11.7. The third-order valence-corrected chi connectivity index (χ3v) is 3.50. The molecule has 2 aromatic carbocycles. The molecule has 0 saturated carbocycles. The molecule has 0 saturated heterocycles. The summed E-state index contributed by atoms with van der Waals surface area (Å²) in [5, 5.41) is 3.17. The van der Waals surface area contributed by atoms with Crippen LogP contribution in [0.5, 0.6) is 0 Å². The average Bonchev–Trinajstić information content (AvgIpc) is 2.53. The van der Waals surface area contributed by atoms with E-state index in [1.54, 1.807) is 31.2 Å². The zero-order valence-electron chi connectivity index (χ0n) is 12.7. The Labute approximate surface area is 142 Å². The molecule has 2 aromatic rings. The largest absolute Gasteiger partial charge is 0.452 e. The predicted octanol–water partition coefficient (Wildman–Crippen LogP) is 3.65. The molecule has 0 radical (unpaired) electrons. The number of rotatable bonds is 5. The fourth-order valence-electron chi connectivity index (χ4n) is 2.01. The first-order chi connectivity index (χ1) is 11.4. The van der Waals surface area contributed by atoms with E-state index in [2.05, 4.69) is 10.1 Å². The first kappa shape index (κ1) is 17.9. The van der Waals surface area contributed by atoms with Crippen LogP contribution < -0.4 is 5.32 Å². The maximum atomic E-state index is 13.4. The molecule has 1 N–H and O–H groups in total. The number of hydrogen-bond acceptors (Lipinski definition) is 3. The molecule has 0 aliphatic rings. The van der Waals surface area contributed by atoms with E-state index < -0.39 is 35.7 Å². The van der Waals surface area contributed by atoms with E-state index in [-0.39, 0.29) is 6.04 Å². The van der Waals surface area contributed by atoms with Gasteiger partial charge in [0, 0.05) is 5.02 Å². The molecule has 0 spiro atoms. The summed E-state index contributed by atoms with van der Waals surface area (Å²) in [5.41, 5.74) is -0.0183. The molecule has 0 aliphatic heterocycles. The minimum atomic E-state index is -1.24. The Bertz CT molecular complexity index is 730. The van der Waals surface area contributed by atoms with Crippen molar-refractivity contribution in [2.24, 2.45) is 0 Å². The molecular formula is C17H14ClF2NO3. The monoisotopic (exact) mass is 353 g/mol. The highest BCUT2D eigenvalue weighted by molar-refractivity contribution is 6.30. The van der Waals surface area contributed by atoms with Crippen molar-refractivity contribution in [1.29, 1.82) is 0 Å². The second-order valence-corrected chi connectivity index (χ2v) is 5.45. The van der Waals surface area contributed by atoms with Gasteiger partial charge in [0.1, 0.15) is 17.2 Å². The van der Waals surface area contributed by atoms with Crippen molar-refractivity contribution in [2.45, 2.75) is 13.0 Å². The zero-order valence-corrected chi connectivity index (χ0v) is 13.4. The molecule has 24 heavy (non-hydrogen) atoms. The zero-order chi connectivity index (χ0) is 17.7. The summed E-state index contributed by atoms with van der Waals surface area (Å²) in [4.78, 5) is 23.5. The van der Waals surface area contributed by atoms with Crippen LogP contribution in [0.15, 0.2) is 42.5 Å². The molecule has 0 fully saturated rings. The van der Waals surface area contributed by atoms with E-state index in [4.69, 9.17) is 11.6 Å². The van der Waals surface area contributed by atoms with E-state index in [1.807, 2.05) is 0 Å². The average molecular weight is 354 g/mol. The van der Waals surface area contributed by atoms with Gasteiger partial charge in [0.2, 0.25) is 0 Å². The number of ether oxygens (including phenoxy) is 1.